The number of hydrogen-bond donors (Lipinski definition) is 0. The Hall–Kier alpha value is -3.30. The van der Waals surface area contributed by atoms with Crippen molar-refractivity contribution in [3.63, 3.8) is 0 Å². The molecular formula is C24H18BrNO6S. The number of carbonyl (C=O) groups is 3. The van der Waals surface area contributed by atoms with E-state index in [2.05, 4.69) is 15.9 Å². The van der Waals surface area contributed by atoms with Gasteiger partial charge in [0.1, 0.15) is 0 Å². The molecule has 0 N–H and O–H groups in total. The van der Waals surface area contributed by atoms with Crippen LogP contribution in [-0.2, 0) is 11.3 Å². The molecule has 1 aliphatic heterocycles. The summed E-state index contributed by atoms with van der Waals surface area (Å²) in [4.78, 5) is 39.0. The number of furan rings is 1. The van der Waals surface area contributed by atoms with Crippen molar-refractivity contribution in [3.05, 3.63) is 87.1 Å². The zero-order chi connectivity index (χ0) is 23.4. The molecule has 0 spiro atoms. The van der Waals surface area contributed by atoms with Crippen LogP contribution in [0.3, 0.4) is 0 Å². The van der Waals surface area contributed by atoms with Crippen molar-refractivity contribution in [3.8, 4) is 11.5 Å². The Balaban J connectivity index is 1.53. The van der Waals surface area contributed by atoms with Crippen LogP contribution in [0.25, 0.3) is 6.08 Å². The Kier molecular flexibility index (Phi) is 7.00. The summed E-state index contributed by atoms with van der Waals surface area (Å²) in [6.07, 6.45) is 3.00. The number of ether oxygens (including phenoxy) is 2. The molecule has 3 aromatic rings. The number of benzene rings is 2. The van der Waals surface area contributed by atoms with Crippen LogP contribution < -0.4 is 9.47 Å². The van der Waals surface area contributed by atoms with Crippen molar-refractivity contribution in [2.24, 2.45) is 0 Å². The molecule has 1 saturated heterocycles. The van der Waals surface area contributed by atoms with Crippen molar-refractivity contribution < 1.29 is 28.3 Å². The smallest absolute Gasteiger partial charge is 0.379 e. The summed E-state index contributed by atoms with van der Waals surface area (Å²) in [5.74, 6) is -0.387. The number of thioether (sulfide) groups is 1. The fourth-order valence-electron chi connectivity index (χ4n) is 3.07. The normalized spacial score (nSPS) is 14.7. The van der Waals surface area contributed by atoms with Crippen LogP contribution in [0.4, 0.5) is 4.79 Å². The monoisotopic (exact) mass is 527 g/mol. The topological polar surface area (TPSA) is 86.0 Å². The molecule has 0 aliphatic carbocycles. The van der Waals surface area contributed by atoms with Gasteiger partial charge in [0, 0.05) is 4.47 Å². The minimum atomic E-state index is -0.650. The quantitative estimate of drug-likeness (QED) is 0.215. The first-order valence-electron chi connectivity index (χ1n) is 9.97. The van der Waals surface area contributed by atoms with Gasteiger partial charge in [0.2, 0.25) is 5.76 Å². The van der Waals surface area contributed by atoms with E-state index in [1.807, 2.05) is 24.3 Å². The summed E-state index contributed by atoms with van der Waals surface area (Å²) in [5.41, 5.74) is 1.48. The molecule has 0 atom stereocenters. The van der Waals surface area contributed by atoms with E-state index in [0.717, 1.165) is 21.8 Å². The molecule has 1 fully saturated rings. The summed E-state index contributed by atoms with van der Waals surface area (Å²) in [6.45, 7) is 2.35. The van der Waals surface area contributed by atoms with Gasteiger partial charge < -0.3 is 13.9 Å². The van der Waals surface area contributed by atoms with Crippen LogP contribution in [0.15, 0.2) is 74.7 Å². The van der Waals surface area contributed by atoms with Crippen LogP contribution in [0, 0.1) is 0 Å². The molecule has 0 radical (unpaired) electrons. The van der Waals surface area contributed by atoms with E-state index in [1.54, 1.807) is 37.3 Å². The second-order valence-electron chi connectivity index (χ2n) is 6.90. The first-order valence-corrected chi connectivity index (χ1v) is 11.6. The SMILES string of the molecule is CCOc1cc(/C=C2\SC(=O)N(Cc3ccc(Br)cc3)C2=O)ccc1OC(=O)c1ccco1. The number of imide groups is 1. The van der Waals surface area contributed by atoms with Gasteiger partial charge in [-0.15, -0.1) is 0 Å². The van der Waals surface area contributed by atoms with Crippen LogP contribution in [-0.4, -0.2) is 28.6 Å². The fraction of sp³-hybridized carbons (Fsp3) is 0.125. The van der Waals surface area contributed by atoms with Gasteiger partial charge in [-0.05, 0) is 72.3 Å². The highest BCUT2D eigenvalue weighted by Gasteiger charge is 2.35. The second-order valence-corrected chi connectivity index (χ2v) is 8.81. The number of nitrogens with zero attached hydrogens (tertiary/aromatic N) is 1. The highest BCUT2D eigenvalue weighted by atomic mass is 79.9. The molecule has 4 rings (SSSR count). The first kappa shape index (κ1) is 22.9. The molecule has 0 unspecified atom stereocenters. The molecule has 2 amide bonds. The zero-order valence-corrected chi connectivity index (χ0v) is 19.9. The van der Waals surface area contributed by atoms with E-state index < -0.39 is 5.97 Å². The minimum absolute atomic E-state index is 0.0703. The maximum atomic E-state index is 12.8. The predicted octanol–water partition coefficient (Wildman–Crippen LogP) is 5.90. The maximum Gasteiger partial charge on any atom is 0.379 e. The largest absolute Gasteiger partial charge is 0.490 e. The van der Waals surface area contributed by atoms with E-state index in [4.69, 9.17) is 13.9 Å². The van der Waals surface area contributed by atoms with E-state index >= 15 is 0 Å². The van der Waals surface area contributed by atoms with Gasteiger partial charge in [-0.1, -0.05) is 34.1 Å². The lowest BCUT2D eigenvalue weighted by molar-refractivity contribution is -0.123. The number of esters is 1. The number of rotatable bonds is 7. The molecule has 2 aromatic carbocycles. The highest BCUT2D eigenvalue weighted by Crippen LogP contribution is 2.35. The number of halogens is 1. The molecule has 2 heterocycles. The summed E-state index contributed by atoms with van der Waals surface area (Å²) in [6, 6.07) is 15.4. The summed E-state index contributed by atoms with van der Waals surface area (Å²) in [7, 11) is 0. The average molecular weight is 528 g/mol. The van der Waals surface area contributed by atoms with Gasteiger partial charge in [0.05, 0.1) is 24.3 Å². The Morgan fingerprint density at radius 1 is 1.12 bits per heavy atom. The van der Waals surface area contributed by atoms with Crippen LogP contribution in [0.2, 0.25) is 0 Å². The Bertz CT molecular complexity index is 1220. The number of hydrogen-bond acceptors (Lipinski definition) is 7. The van der Waals surface area contributed by atoms with Gasteiger partial charge in [0.25, 0.3) is 11.1 Å². The molecule has 1 aliphatic rings. The molecule has 0 bridgehead atoms. The lowest BCUT2D eigenvalue weighted by Crippen LogP contribution is -2.27. The van der Waals surface area contributed by atoms with Crippen molar-refractivity contribution in [1.82, 2.24) is 4.90 Å². The van der Waals surface area contributed by atoms with E-state index in [9.17, 15) is 14.4 Å². The Labute approximate surface area is 202 Å². The van der Waals surface area contributed by atoms with Crippen molar-refractivity contribution in [2.45, 2.75) is 13.5 Å². The van der Waals surface area contributed by atoms with E-state index in [1.165, 1.54) is 17.2 Å². The van der Waals surface area contributed by atoms with Crippen molar-refractivity contribution in [1.29, 1.82) is 0 Å². The third-order valence-corrected chi connectivity index (χ3v) is 6.05. The zero-order valence-electron chi connectivity index (χ0n) is 17.4. The molecule has 168 valence electrons. The van der Waals surface area contributed by atoms with Crippen LogP contribution >= 0.6 is 27.7 Å². The van der Waals surface area contributed by atoms with E-state index in [-0.39, 0.29) is 29.2 Å². The summed E-state index contributed by atoms with van der Waals surface area (Å²) < 4.78 is 17.0. The van der Waals surface area contributed by atoms with Gasteiger partial charge in [-0.25, -0.2) is 4.79 Å². The third-order valence-electron chi connectivity index (χ3n) is 4.62. The van der Waals surface area contributed by atoms with Crippen LogP contribution in [0.5, 0.6) is 11.5 Å². The molecule has 1 aromatic heterocycles. The van der Waals surface area contributed by atoms with Gasteiger partial charge in [0.15, 0.2) is 11.5 Å². The standard InChI is InChI=1S/C24H18BrNO6S/c1-2-30-20-12-16(7-10-18(20)32-23(28)19-4-3-11-31-19)13-21-22(27)26(24(29)33-21)14-15-5-8-17(25)9-6-15/h3-13H,2,14H2,1H3/b21-13-. The number of amides is 2. The Morgan fingerprint density at radius 3 is 2.61 bits per heavy atom. The fourth-order valence-corrected chi connectivity index (χ4v) is 4.17. The second kappa shape index (κ2) is 10.1. The molecular weight excluding hydrogens is 510 g/mol. The number of carbonyl (C=O) groups excluding carboxylic acids is 3. The Morgan fingerprint density at radius 2 is 1.91 bits per heavy atom. The van der Waals surface area contributed by atoms with Crippen LogP contribution in [0.1, 0.15) is 28.6 Å². The minimum Gasteiger partial charge on any atom is -0.490 e. The molecule has 0 saturated carbocycles. The summed E-state index contributed by atoms with van der Waals surface area (Å²) >= 11 is 4.25. The van der Waals surface area contributed by atoms with Crippen molar-refractivity contribution >= 4 is 50.9 Å². The van der Waals surface area contributed by atoms with E-state index in [0.29, 0.717) is 22.8 Å². The molecule has 7 nitrogen and oxygen atoms in total. The molecule has 33 heavy (non-hydrogen) atoms. The lowest BCUT2D eigenvalue weighted by Gasteiger charge is -2.12. The van der Waals surface area contributed by atoms with Gasteiger partial charge >= 0.3 is 5.97 Å². The maximum absolute atomic E-state index is 12.8. The predicted molar refractivity (Wildman–Crippen MR) is 127 cm³/mol. The average Bonchev–Trinajstić information content (AvgIpc) is 3.42. The first-order chi connectivity index (χ1) is 15.9. The van der Waals surface area contributed by atoms with Gasteiger partial charge in [-0.2, -0.15) is 0 Å². The van der Waals surface area contributed by atoms with Gasteiger partial charge in [-0.3, -0.25) is 14.5 Å². The summed E-state index contributed by atoms with van der Waals surface area (Å²) in [5, 5.41) is -0.330. The third kappa shape index (κ3) is 5.37. The van der Waals surface area contributed by atoms with Crippen molar-refractivity contribution in [2.75, 3.05) is 6.61 Å². The highest BCUT2D eigenvalue weighted by molar-refractivity contribution is 9.10. The molecule has 9 heteroatoms. The lowest BCUT2D eigenvalue weighted by atomic mass is 10.1.